The van der Waals surface area contributed by atoms with Gasteiger partial charge in [0, 0.05) is 7.05 Å². The molecule has 3 rings (SSSR count). The van der Waals surface area contributed by atoms with Crippen LogP contribution in [0.15, 0.2) is 24.3 Å². The molecule has 1 aromatic rings. The van der Waals surface area contributed by atoms with E-state index in [1.807, 2.05) is 12.1 Å². The van der Waals surface area contributed by atoms with Crippen molar-refractivity contribution in [3.05, 3.63) is 29.8 Å². The van der Waals surface area contributed by atoms with Gasteiger partial charge in [0.05, 0.1) is 5.41 Å². The largest absolute Gasteiger partial charge is 0.508 e. The Labute approximate surface area is 107 Å². The van der Waals surface area contributed by atoms with Gasteiger partial charge in [-0.25, -0.2) is 0 Å². The number of hydrogen-bond acceptors (Lipinski definition) is 2. The van der Waals surface area contributed by atoms with Gasteiger partial charge < -0.3 is 10.4 Å². The van der Waals surface area contributed by atoms with Crippen molar-refractivity contribution >= 4 is 5.91 Å². The number of aromatic hydroxyl groups is 1. The highest BCUT2D eigenvalue weighted by atomic mass is 16.3. The van der Waals surface area contributed by atoms with E-state index in [2.05, 4.69) is 5.32 Å². The molecule has 96 valence electrons. The van der Waals surface area contributed by atoms with Gasteiger partial charge in [-0.1, -0.05) is 12.1 Å². The first kappa shape index (κ1) is 11.6. The Morgan fingerprint density at radius 3 is 2.33 bits per heavy atom. The highest BCUT2D eigenvalue weighted by molar-refractivity contribution is 5.83. The Morgan fingerprint density at radius 2 is 1.78 bits per heavy atom. The zero-order chi connectivity index (χ0) is 12.8. The molecule has 0 atom stereocenters. The highest BCUT2D eigenvalue weighted by Gasteiger charge is 2.58. The molecule has 0 unspecified atom stereocenters. The van der Waals surface area contributed by atoms with Gasteiger partial charge in [-0.15, -0.1) is 0 Å². The average molecular weight is 245 g/mol. The number of phenolic OH excluding ortho intramolecular Hbond substituents is 1. The average Bonchev–Trinajstić information content (AvgIpc) is 2.97. The highest BCUT2D eigenvalue weighted by Crippen LogP contribution is 2.62. The van der Waals surface area contributed by atoms with E-state index in [1.54, 1.807) is 19.2 Å². The predicted molar refractivity (Wildman–Crippen MR) is 69.4 cm³/mol. The molecule has 0 aromatic heterocycles. The summed E-state index contributed by atoms with van der Waals surface area (Å²) in [4.78, 5) is 12.1. The number of benzene rings is 1. The number of amides is 1. The van der Waals surface area contributed by atoms with Crippen LogP contribution in [-0.4, -0.2) is 18.1 Å². The maximum Gasteiger partial charge on any atom is 0.225 e. The first-order valence-corrected chi connectivity index (χ1v) is 6.62. The molecule has 2 aliphatic rings. The fourth-order valence-corrected chi connectivity index (χ4v) is 3.99. The van der Waals surface area contributed by atoms with Crippen molar-refractivity contribution in [2.75, 3.05) is 7.05 Å². The molecule has 0 spiro atoms. The van der Waals surface area contributed by atoms with Gasteiger partial charge in [0.25, 0.3) is 0 Å². The third kappa shape index (κ3) is 1.46. The molecule has 2 saturated carbocycles. The van der Waals surface area contributed by atoms with E-state index in [0.29, 0.717) is 5.75 Å². The fourth-order valence-electron chi connectivity index (χ4n) is 3.99. The quantitative estimate of drug-likeness (QED) is 0.840. The summed E-state index contributed by atoms with van der Waals surface area (Å²) in [5.74, 6) is 0.518. The molecular weight excluding hydrogens is 226 g/mol. The molecule has 0 aliphatic heterocycles. The third-order valence-electron chi connectivity index (χ3n) is 5.03. The Bertz CT molecular complexity index is 470. The molecule has 0 heterocycles. The number of nitrogens with one attached hydrogen (secondary N) is 1. The van der Waals surface area contributed by atoms with Crippen LogP contribution in [0.4, 0.5) is 0 Å². The molecule has 2 N–H and O–H groups in total. The van der Waals surface area contributed by atoms with E-state index in [9.17, 15) is 9.90 Å². The van der Waals surface area contributed by atoms with Crippen molar-refractivity contribution in [1.82, 2.24) is 5.32 Å². The van der Waals surface area contributed by atoms with Crippen LogP contribution in [0.1, 0.15) is 37.7 Å². The number of carbonyl (C=O) groups is 1. The van der Waals surface area contributed by atoms with Crippen LogP contribution in [0.2, 0.25) is 0 Å². The first-order chi connectivity index (χ1) is 8.60. The number of fused-ring (bicyclic) bond motifs is 2. The lowest BCUT2D eigenvalue weighted by atomic mass is 9.77. The van der Waals surface area contributed by atoms with E-state index in [0.717, 1.165) is 32.1 Å². The van der Waals surface area contributed by atoms with Crippen molar-refractivity contribution in [2.45, 2.75) is 37.5 Å². The summed E-state index contributed by atoms with van der Waals surface area (Å²) in [6.45, 7) is 0. The van der Waals surface area contributed by atoms with E-state index in [4.69, 9.17) is 0 Å². The molecular formula is C15H19NO2. The Balaban J connectivity index is 1.92. The van der Waals surface area contributed by atoms with Crippen LogP contribution in [0, 0.1) is 5.41 Å². The van der Waals surface area contributed by atoms with E-state index < -0.39 is 0 Å². The Morgan fingerprint density at radius 1 is 1.17 bits per heavy atom. The van der Waals surface area contributed by atoms with Gasteiger partial charge in [-0.05, 0) is 55.2 Å². The second-order valence-electron chi connectivity index (χ2n) is 5.86. The van der Waals surface area contributed by atoms with E-state index in [1.165, 1.54) is 5.56 Å². The smallest absolute Gasteiger partial charge is 0.225 e. The van der Waals surface area contributed by atoms with Crippen molar-refractivity contribution < 1.29 is 9.90 Å². The number of phenols is 1. The molecule has 0 saturated heterocycles. The minimum Gasteiger partial charge on any atom is -0.508 e. The molecule has 3 nitrogen and oxygen atoms in total. The normalized spacial score (nSPS) is 33.6. The summed E-state index contributed by atoms with van der Waals surface area (Å²) < 4.78 is 0. The zero-order valence-corrected chi connectivity index (χ0v) is 10.7. The minimum atomic E-state index is -0.132. The predicted octanol–water partition coefficient (Wildman–Crippen LogP) is 2.34. The van der Waals surface area contributed by atoms with Gasteiger partial charge in [0.2, 0.25) is 5.91 Å². The van der Waals surface area contributed by atoms with Crippen molar-refractivity contribution in [3.8, 4) is 5.75 Å². The standard InChI is InChI=1S/C15H19NO2/c1-16-13(18)15-8-6-14(10-15,7-9-15)11-2-4-12(17)5-3-11/h2-5,17H,6-10H2,1H3,(H,16,18). The van der Waals surface area contributed by atoms with Gasteiger partial charge in [-0.3, -0.25) is 4.79 Å². The summed E-state index contributed by atoms with van der Waals surface area (Å²) in [5, 5.41) is 12.2. The molecule has 1 aromatic carbocycles. The summed E-state index contributed by atoms with van der Waals surface area (Å²) >= 11 is 0. The minimum absolute atomic E-state index is 0.132. The summed E-state index contributed by atoms with van der Waals surface area (Å²) in [6, 6.07) is 7.53. The number of hydrogen-bond donors (Lipinski definition) is 2. The summed E-state index contributed by atoms with van der Waals surface area (Å²) in [5.41, 5.74) is 1.32. The Hall–Kier alpha value is -1.51. The van der Waals surface area contributed by atoms with Gasteiger partial charge in [0.1, 0.15) is 5.75 Å². The third-order valence-corrected chi connectivity index (χ3v) is 5.03. The van der Waals surface area contributed by atoms with Crippen LogP contribution < -0.4 is 5.32 Å². The van der Waals surface area contributed by atoms with Crippen LogP contribution in [-0.2, 0) is 10.2 Å². The van der Waals surface area contributed by atoms with Crippen LogP contribution >= 0.6 is 0 Å². The lowest BCUT2D eigenvalue weighted by molar-refractivity contribution is -0.130. The van der Waals surface area contributed by atoms with Crippen molar-refractivity contribution in [1.29, 1.82) is 0 Å². The fraction of sp³-hybridized carbons (Fsp3) is 0.533. The molecule has 2 aliphatic carbocycles. The number of carbonyl (C=O) groups excluding carboxylic acids is 1. The topological polar surface area (TPSA) is 49.3 Å². The Kier molecular flexibility index (Phi) is 2.40. The molecule has 0 radical (unpaired) electrons. The van der Waals surface area contributed by atoms with E-state index in [-0.39, 0.29) is 16.7 Å². The monoisotopic (exact) mass is 245 g/mol. The van der Waals surface area contributed by atoms with Crippen molar-refractivity contribution in [3.63, 3.8) is 0 Å². The molecule has 2 bridgehead atoms. The maximum absolute atomic E-state index is 12.1. The SMILES string of the molecule is CNC(=O)C12CCC(c3ccc(O)cc3)(CC1)C2. The molecule has 2 fully saturated rings. The van der Waals surface area contributed by atoms with Gasteiger partial charge >= 0.3 is 0 Å². The first-order valence-electron chi connectivity index (χ1n) is 6.62. The molecule has 18 heavy (non-hydrogen) atoms. The summed E-state index contributed by atoms with van der Waals surface area (Å²) in [6.07, 6.45) is 5.13. The second-order valence-corrected chi connectivity index (χ2v) is 5.86. The lowest BCUT2D eigenvalue weighted by Crippen LogP contribution is -2.35. The van der Waals surface area contributed by atoms with Crippen LogP contribution in [0.25, 0.3) is 0 Å². The van der Waals surface area contributed by atoms with Crippen LogP contribution in [0.3, 0.4) is 0 Å². The van der Waals surface area contributed by atoms with Gasteiger partial charge in [0.15, 0.2) is 0 Å². The van der Waals surface area contributed by atoms with Crippen molar-refractivity contribution in [2.24, 2.45) is 5.41 Å². The number of rotatable bonds is 2. The molecule has 1 amide bonds. The lowest BCUT2D eigenvalue weighted by Gasteiger charge is -2.27. The van der Waals surface area contributed by atoms with E-state index >= 15 is 0 Å². The zero-order valence-electron chi connectivity index (χ0n) is 10.7. The van der Waals surface area contributed by atoms with Gasteiger partial charge in [-0.2, -0.15) is 0 Å². The maximum atomic E-state index is 12.1. The second kappa shape index (κ2) is 3.74. The molecule has 3 heteroatoms. The summed E-state index contributed by atoms with van der Waals surface area (Å²) in [7, 11) is 1.73. The van der Waals surface area contributed by atoms with Crippen LogP contribution in [0.5, 0.6) is 5.75 Å².